The molecule has 0 atom stereocenters. The number of hydrogen-bond acceptors (Lipinski definition) is 1. The fraction of sp³-hybridized carbons (Fsp3) is 0.143. The summed E-state index contributed by atoms with van der Waals surface area (Å²) in [6.07, 6.45) is 0. The van der Waals surface area contributed by atoms with Gasteiger partial charge in [0.15, 0.2) is 0 Å². The number of hydrogen-bond donors (Lipinski definition) is 0. The van der Waals surface area contributed by atoms with Crippen LogP contribution in [0.25, 0.3) is 0 Å². The molecule has 0 fully saturated rings. The Morgan fingerprint density at radius 1 is 0.682 bits per heavy atom. The average molecular weight is 285 g/mol. The highest BCUT2D eigenvalue weighted by Gasteiger charge is 2.29. The van der Waals surface area contributed by atoms with Gasteiger partial charge in [0.1, 0.15) is 0 Å². The number of anilines is 2. The molecule has 22 heavy (non-hydrogen) atoms. The monoisotopic (exact) mass is 285 g/mol. The van der Waals surface area contributed by atoms with Crippen molar-refractivity contribution in [3.05, 3.63) is 95.1 Å². The van der Waals surface area contributed by atoms with Crippen LogP contribution in [0, 0.1) is 6.92 Å². The molecule has 108 valence electrons. The first kappa shape index (κ1) is 13.1. The summed E-state index contributed by atoms with van der Waals surface area (Å²) in [5.41, 5.74) is 8.02. The van der Waals surface area contributed by atoms with E-state index in [-0.39, 0.29) is 0 Å². The quantitative estimate of drug-likeness (QED) is 0.589. The molecule has 0 saturated carbocycles. The molecular weight excluding hydrogens is 266 g/mol. The van der Waals surface area contributed by atoms with Crippen LogP contribution in [-0.4, -0.2) is 7.05 Å². The SMILES string of the molecule is Cc1ccc(C2c3ccccc3N(C)c3ccccc32)cc1. The van der Waals surface area contributed by atoms with E-state index in [0.717, 1.165) is 0 Å². The molecule has 1 nitrogen and oxygen atoms in total. The van der Waals surface area contributed by atoms with E-state index in [1.54, 1.807) is 0 Å². The molecule has 0 saturated heterocycles. The number of fused-ring (bicyclic) bond motifs is 2. The van der Waals surface area contributed by atoms with Crippen LogP contribution in [0.2, 0.25) is 0 Å². The van der Waals surface area contributed by atoms with E-state index in [1.807, 2.05) is 0 Å². The lowest BCUT2D eigenvalue weighted by atomic mass is 9.80. The Morgan fingerprint density at radius 3 is 1.73 bits per heavy atom. The van der Waals surface area contributed by atoms with Gasteiger partial charge in [0.05, 0.1) is 0 Å². The maximum atomic E-state index is 2.30. The average Bonchev–Trinajstić information content (AvgIpc) is 2.57. The summed E-state index contributed by atoms with van der Waals surface area (Å²) in [4.78, 5) is 2.30. The lowest BCUT2D eigenvalue weighted by Gasteiger charge is -2.35. The standard InChI is InChI=1S/C21H19N/c1-15-11-13-16(14-12-15)21-17-7-3-5-9-19(17)22(2)20-10-6-4-8-18(20)21/h3-14,21H,1-2H3. The van der Waals surface area contributed by atoms with Crippen molar-refractivity contribution in [2.24, 2.45) is 0 Å². The Morgan fingerprint density at radius 2 is 1.18 bits per heavy atom. The van der Waals surface area contributed by atoms with Crippen LogP contribution in [0.5, 0.6) is 0 Å². The zero-order valence-corrected chi connectivity index (χ0v) is 13.0. The first-order valence-electron chi connectivity index (χ1n) is 7.74. The van der Waals surface area contributed by atoms with E-state index in [1.165, 1.54) is 33.6 Å². The van der Waals surface area contributed by atoms with Crippen LogP contribution in [0.3, 0.4) is 0 Å². The van der Waals surface area contributed by atoms with Crippen LogP contribution >= 0.6 is 0 Å². The lowest BCUT2D eigenvalue weighted by molar-refractivity contribution is 0.925. The zero-order valence-electron chi connectivity index (χ0n) is 13.0. The maximum absolute atomic E-state index is 2.30. The molecule has 1 heterocycles. The molecule has 0 radical (unpaired) electrons. The van der Waals surface area contributed by atoms with Gasteiger partial charge >= 0.3 is 0 Å². The van der Waals surface area contributed by atoms with E-state index in [0.29, 0.717) is 5.92 Å². The molecule has 0 aliphatic carbocycles. The van der Waals surface area contributed by atoms with Gasteiger partial charge in [0.25, 0.3) is 0 Å². The molecular formula is C21H19N. The van der Waals surface area contributed by atoms with E-state index in [4.69, 9.17) is 0 Å². The van der Waals surface area contributed by atoms with Crippen molar-refractivity contribution in [2.75, 3.05) is 11.9 Å². The summed E-state index contributed by atoms with van der Waals surface area (Å²) >= 11 is 0. The minimum Gasteiger partial charge on any atom is -0.344 e. The van der Waals surface area contributed by atoms with Gasteiger partial charge in [-0.1, -0.05) is 66.2 Å². The molecule has 0 amide bonds. The summed E-state index contributed by atoms with van der Waals surface area (Å²) in [6.45, 7) is 2.14. The first-order valence-corrected chi connectivity index (χ1v) is 7.74. The third-order valence-corrected chi connectivity index (χ3v) is 4.63. The summed E-state index contributed by atoms with van der Waals surface area (Å²) in [6, 6.07) is 26.4. The Kier molecular flexibility index (Phi) is 3.00. The van der Waals surface area contributed by atoms with Crippen LogP contribution < -0.4 is 4.90 Å². The van der Waals surface area contributed by atoms with Crippen molar-refractivity contribution in [2.45, 2.75) is 12.8 Å². The number of benzene rings is 3. The van der Waals surface area contributed by atoms with E-state index < -0.39 is 0 Å². The normalized spacial score (nSPS) is 13.6. The van der Waals surface area contributed by atoms with Gasteiger partial charge in [0, 0.05) is 24.3 Å². The van der Waals surface area contributed by atoms with Crippen molar-refractivity contribution < 1.29 is 0 Å². The largest absolute Gasteiger partial charge is 0.344 e. The van der Waals surface area contributed by atoms with Crippen molar-refractivity contribution in [1.29, 1.82) is 0 Å². The minimum atomic E-state index is 0.309. The molecule has 0 N–H and O–H groups in total. The Bertz CT molecular complexity index is 770. The van der Waals surface area contributed by atoms with Crippen molar-refractivity contribution >= 4 is 11.4 Å². The Balaban J connectivity index is 1.98. The van der Waals surface area contributed by atoms with Crippen LogP contribution in [-0.2, 0) is 0 Å². The minimum absolute atomic E-state index is 0.309. The molecule has 1 heteroatoms. The van der Waals surface area contributed by atoms with Crippen molar-refractivity contribution in [3.8, 4) is 0 Å². The maximum Gasteiger partial charge on any atom is 0.0450 e. The van der Waals surface area contributed by atoms with Gasteiger partial charge in [-0.05, 0) is 35.7 Å². The predicted molar refractivity (Wildman–Crippen MR) is 93.1 cm³/mol. The second-order valence-electron chi connectivity index (χ2n) is 6.02. The highest BCUT2D eigenvalue weighted by atomic mass is 15.1. The molecule has 0 spiro atoms. The van der Waals surface area contributed by atoms with Gasteiger partial charge in [-0.25, -0.2) is 0 Å². The summed E-state index contributed by atoms with van der Waals surface area (Å²) in [5.74, 6) is 0.309. The van der Waals surface area contributed by atoms with E-state index in [9.17, 15) is 0 Å². The van der Waals surface area contributed by atoms with Gasteiger partial charge < -0.3 is 4.90 Å². The summed E-state index contributed by atoms with van der Waals surface area (Å²) in [5, 5.41) is 0. The van der Waals surface area contributed by atoms with Crippen LogP contribution in [0.4, 0.5) is 11.4 Å². The lowest BCUT2D eigenvalue weighted by Crippen LogP contribution is -2.22. The zero-order chi connectivity index (χ0) is 15.1. The molecule has 0 bridgehead atoms. The Hall–Kier alpha value is -2.54. The number of para-hydroxylation sites is 2. The number of nitrogens with zero attached hydrogens (tertiary/aromatic N) is 1. The molecule has 0 unspecified atom stereocenters. The number of rotatable bonds is 1. The first-order chi connectivity index (χ1) is 10.8. The Labute approximate surface area is 131 Å². The van der Waals surface area contributed by atoms with Crippen LogP contribution in [0.15, 0.2) is 72.8 Å². The van der Waals surface area contributed by atoms with Gasteiger partial charge in [-0.15, -0.1) is 0 Å². The van der Waals surface area contributed by atoms with E-state index >= 15 is 0 Å². The fourth-order valence-corrected chi connectivity index (χ4v) is 3.49. The second kappa shape index (κ2) is 5.03. The summed E-state index contributed by atoms with van der Waals surface area (Å²) in [7, 11) is 2.16. The molecule has 4 rings (SSSR count). The number of aryl methyl sites for hydroxylation is 1. The molecule has 0 aromatic heterocycles. The highest BCUT2D eigenvalue weighted by molar-refractivity contribution is 5.77. The van der Waals surface area contributed by atoms with E-state index in [2.05, 4.69) is 91.7 Å². The fourth-order valence-electron chi connectivity index (χ4n) is 3.49. The third-order valence-electron chi connectivity index (χ3n) is 4.63. The molecule has 1 aliphatic rings. The van der Waals surface area contributed by atoms with Gasteiger partial charge in [-0.3, -0.25) is 0 Å². The topological polar surface area (TPSA) is 3.24 Å². The van der Waals surface area contributed by atoms with Gasteiger partial charge in [0.2, 0.25) is 0 Å². The predicted octanol–water partition coefficient (Wildman–Crippen LogP) is 5.26. The van der Waals surface area contributed by atoms with Crippen molar-refractivity contribution in [1.82, 2.24) is 0 Å². The van der Waals surface area contributed by atoms with Crippen LogP contribution in [0.1, 0.15) is 28.2 Å². The highest BCUT2D eigenvalue weighted by Crippen LogP contribution is 2.47. The molecule has 1 aliphatic heterocycles. The summed E-state index contributed by atoms with van der Waals surface area (Å²) < 4.78 is 0. The third kappa shape index (κ3) is 1.93. The smallest absolute Gasteiger partial charge is 0.0450 e. The molecule has 3 aromatic carbocycles. The second-order valence-corrected chi connectivity index (χ2v) is 6.02. The van der Waals surface area contributed by atoms with Crippen molar-refractivity contribution in [3.63, 3.8) is 0 Å². The molecule has 3 aromatic rings. The van der Waals surface area contributed by atoms with Gasteiger partial charge in [-0.2, -0.15) is 0 Å².